The van der Waals surface area contributed by atoms with Crippen LogP contribution < -0.4 is 4.90 Å². The zero-order valence-corrected chi connectivity index (χ0v) is 13.3. The molecule has 0 aliphatic rings. The number of rotatable bonds is 5. The average molecular weight is 339 g/mol. The molecule has 100 valence electrons. The van der Waals surface area contributed by atoms with Gasteiger partial charge in [0, 0.05) is 18.1 Å². The second-order valence-corrected chi connectivity index (χ2v) is 6.19. The Kier molecular flexibility index (Phi) is 4.71. The summed E-state index contributed by atoms with van der Waals surface area (Å²) in [6.45, 7) is 2.79. The molecule has 1 heterocycles. The minimum atomic E-state index is 0.735. The van der Waals surface area contributed by atoms with Crippen LogP contribution in [0.4, 0.5) is 5.13 Å². The Balaban J connectivity index is 2.17. The maximum Gasteiger partial charge on any atom is 0.186 e. The van der Waals surface area contributed by atoms with Crippen molar-refractivity contribution in [3.05, 3.63) is 44.9 Å². The van der Waals surface area contributed by atoms with E-state index in [9.17, 15) is 4.79 Å². The Morgan fingerprint density at radius 3 is 2.84 bits per heavy atom. The van der Waals surface area contributed by atoms with Gasteiger partial charge in [-0.3, -0.25) is 4.79 Å². The predicted molar refractivity (Wildman–Crippen MR) is 83.1 cm³/mol. The fourth-order valence-corrected chi connectivity index (χ4v) is 3.21. The minimum absolute atomic E-state index is 0.735. The zero-order valence-electron chi connectivity index (χ0n) is 10.9. The molecule has 0 atom stereocenters. The van der Waals surface area contributed by atoms with E-state index in [0.717, 1.165) is 39.4 Å². The number of aromatic nitrogens is 1. The van der Waals surface area contributed by atoms with E-state index in [0.29, 0.717) is 0 Å². The van der Waals surface area contributed by atoms with Gasteiger partial charge in [0.15, 0.2) is 11.4 Å². The zero-order chi connectivity index (χ0) is 13.8. The molecule has 0 saturated heterocycles. The Morgan fingerprint density at radius 1 is 1.47 bits per heavy atom. The fraction of sp³-hybridized carbons (Fsp3) is 0.286. The third-order valence-electron chi connectivity index (χ3n) is 2.79. The highest BCUT2D eigenvalue weighted by atomic mass is 79.9. The number of benzene rings is 1. The van der Waals surface area contributed by atoms with Gasteiger partial charge in [-0.25, -0.2) is 4.98 Å². The van der Waals surface area contributed by atoms with E-state index in [1.54, 1.807) is 0 Å². The van der Waals surface area contributed by atoms with Crippen LogP contribution in [0.3, 0.4) is 0 Å². The lowest BCUT2D eigenvalue weighted by atomic mass is 10.2. The highest BCUT2D eigenvalue weighted by molar-refractivity contribution is 9.10. The highest BCUT2D eigenvalue weighted by Crippen LogP contribution is 2.26. The van der Waals surface area contributed by atoms with E-state index in [2.05, 4.69) is 37.9 Å². The van der Waals surface area contributed by atoms with Gasteiger partial charge in [0.05, 0.1) is 10.6 Å². The molecule has 0 unspecified atom stereocenters. The Labute approximate surface area is 125 Å². The standard InChI is InChI=1S/C14H15BrN2OS/c1-3-12-13(9-18)19-14(16-12)17(2)8-10-5-4-6-11(15)7-10/h4-7,9H,3,8H2,1-2H3. The van der Waals surface area contributed by atoms with Crippen molar-refractivity contribution >= 4 is 38.7 Å². The van der Waals surface area contributed by atoms with Crippen molar-refractivity contribution < 1.29 is 4.79 Å². The van der Waals surface area contributed by atoms with Crippen LogP contribution in [0.2, 0.25) is 0 Å². The molecule has 5 heteroatoms. The van der Waals surface area contributed by atoms with Gasteiger partial charge in [-0.15, -0.1) is 0 Å². The summed E-state index contributed by atoms with van der Waals surface area (Å²) in [5.74, 6) is 0. The smallest absolute Gasteiger partial charge is 0.186 e. The third-order valence-corrected chi connectivity index (χ3v) is 4.42. The molecule has 3 nitrogen and oxygen atoms in total. The van der Waals surface area contributed by atoms with Gasteiger partial charge in [0.2, 0.25) is 0 Å². The number of carbonyl (C=O) groups is 1. The van der Waals surface area contributed by atoms with E-state index in [1.807, 2.05) is 26.1 Å². The third kappa shape index (κ3) is 3.42. The van der Waals surface area contributed by atoms with E-state index >= 15 is 0 Å². The number of halogens is 1. The molecular formula is C14H15BrN2OS. The summed E-state index contributed by atoms with van der Waals surface area (Å²) in [5.41, 5.74) is 2.09. The number of carbonyl (C=O) groups excluding carboxylic acids is 1. The summed E-state index contributed by atoms with van der Waals surface area (Å²) < 4.78 is 1.07. The van der Waals surface area contributed by atoms with Crippen molar-refractivity contribution in [2.75, 3.05) is 11.9 Å². The number of hydrogen-bond acceptors (Lipinski definition) is 4. The molecule has 0 aliphatic heterocycles. The molecule has 0 fully saturated rings. The van der Waals surface area contributed by atoms with E-state index in [4.69, 9.17) is 0 Å². The van der Waals surface area contributed by atoms with Crippen LogP contribution in [-0.2, 0) is 13.0 Å². The molecule has 0 bridgehead atoms. The molecule has 1 aromatic heterocycles. The first-order chi connectivity index (χ1) is 9.13. The normalized spacial score (nSPS) is 10.5. The number of hydrogen-bond donors (Lipinski definition) is 0. The van der Waals surface area contributed by atoms with Gasteiger partial charge in [-0.2, -0.15) is 0 Å². The molecule has 0 radical (unpaired) electrons. The summed E-state index contributed by atoms with van der Waals surface area (Å²) in [6, 6.07) is 8.19. The largest absolute Gasteiger partial charge is 0.347 e. The predicted octanol–water partition coefficient (Wildman–Crippen LogP) is 3.92. The Hall–Kier alpha value is -1.20. The molecule has 2 aromatic rings. The quantitative estimate of drug-likeness (QED) is 0.774. The topological polar surface area (TPSA) is 33.2 Å². The molecule has 0 spiro atoms. The summed E-state index contributed by atoms with van der Waals surface area (Å²) in [4.78, 5) is 18.3. The number of nitrogens with zero attached hydrogens (tertiary/aromatic N) is 2. The van der Waals surface area contributed by atoms with E-state index < -0.39 is 0 Å². The van der Waals surface area contributed by atoms with Crippen molar-refractivity contribution in [3.8, 4) is 0 Å². The van der Waals surface area contributed by atoms with Gasteiger partial charge in [-0.1, -0.05) is 46.3 Å². The van der Waals surface area contributed by atoms with Crippen molar-refractivity contribution in [3.63, 3.8) is 0 Å². The van der Waals surface area contributed by atoms with Crippen LogP contribution in [-0.4, -0.2) is 18.3 Å². The first kappa shape index (κ1) is 14.2. The summed E-state index contributed by atoms with van der Waals surface area (Å²) in [7, 11) is 1.99. The Morgan fingerprint density at radius 2 is 2.26 bits per heavy atom. The van der Waals surface area contributed by atoms with Crippen LogP contribution in [0.5, 0.6) is 0 Å². The van der Waals surface area contributed by atoms with Crippen molar-refractivity contribution in [1.29, 1.82) is 0 Å². The number of aldehydes is 1. The summed E-state index contributed by atoms with van der Waals surface area (Å²) in [5, 5.41) is 0.888. The lowest BCUT2D eigenvalue weighted by molar-refractivity contribution is 0.112. The minimum Gasteiger partial charge on any atom is -0.347 e. The Bertz CT molecular complexity index is 583. The molecule has 2 rings (SSSR count). The second-order valence-electron chi connectivity index (χ2n) is 4.26. The van der Waals surface area contributed by atoms with Gasteiger partial charge in [-0.05, 0) is 24.1 Å². The molecule has 0 aliphatic carbocycles. The average Bonchev–Trinajstić information content (AvgIpc) is 2.82. The molecular weight excluding hydrogens is 324 g/mol. The molecule has 19 heavy (non-hydrogen) atoms. The maximum atomic E-state index is 11.0. The molecule has 1 aromatic carbocycles. The first-order valence-electron chi connectivity index (χ1n) is 6.04. The number of thiazole rings is 1. The van der Waals surface area contributed by atoms with Crippen LogP contribution in [0.1, 0.15) is 27.9 Å². The van der Waals surface area contributed by atoms with Gasteiger partial charge >= 0.3 is 0 Å². The van der Waals surface area contributed by atoms with Crippen molar-refractivity contribution in [1.82, 2.24) is 4.98 Å². The molecule has 0 N–H and O–H groups in total. The van der Waals surface area contributed by atoms with E-state index in [-0.39, 0.29) is 0 Å². The van der Waals surface area contributed by atoms with Gasteiger partial charge in [0.1, 0.15) is 0 Å². The van der Waals surface area contributed by atoms with Crippen molar-refractivity contribution in [2.45, 2.75) is 19.9 Å². The second kappa shape index (κ2) is 6.30. The van der Waals surface area contributed by atoms with Gasteiger partial charge < -0.3 is 4.90 Å². The molecule has 0 amide bonds. The number of aryl methyl sites for hydroxylation is 1. The lowest BCUT2D eigenvalue weighted by Gasteiger charge is -2.15. The molecule has 0 saturated carbocycles. The SMILES string of the molecule is CCc1nc(N(C)Cc2cccc(Br)c2)sc1C=O. The maximum absolute atomic E-state index is 11.0. The van der Waals surface area contributed by atoms with Crippen LogP contribution in [0.25, 0.3) is 0 Å². The monoisotopic (exact) mass is 338 g/mol. The lowest BCUT2D eigenvalue weighted by Crippen LogP contribution is -2.16. The number of anilines is 1. The van der Waals surface area contributed by atoms with Crippen LogP contribution in [0, 0.1) is 0 Å². The van der Waals surface area contributed by atoms with Crippen molar-refractivity contribution in [2.24, 2.45) is 0 Å². The first-order valence-corrected chi connectivity index (χ1v) is 7.65. The fourth-order valence-electron chi connectivity index (χ4n) is 1.84. The van der Waals surface area contributed by atoms with Crippen LogP contribution in [0.15, 0.2) is 28.7 Å². The van der Waals surface area contributed by atoms with Crippen LogP contribution >= 0.6 is 27.3 Å². The summed E-state index contributed by atoms with van der Waals surface area (Å²) >= 11 is 4.92. The highest BCUT2D eigenvalue weighted by Gasteiger charge is 2.12. The van der Waals surface area contributed by atoms with E-state index in [1.165, 1.54) is 16.9 Å². The summed E-state index contributed by atoms with van der Waals surface area (Å²) in [6.07, 6.45) is 1.68. The van der Waals surface area contributed by atoms with Gasteiger partial charge in [0.25, 0.3) is 0 Å².